The Balaban J connectivity index is 2.66. The largest absolute Gasteiger partial charge is 0.350 e. The fourth-order valence-corrected chi connectivity index (χ4v) is 8.41. The standard InChI is InChI=1S/C25H41N3O6S2/c1-17(2)15-20(23(29)27-26)22(24(30)28-34-21-13-9-10-14-33-21)25(16-18(3)4,36(5,31)32)35-19-11-7-6-8-12-19/h6-8,11-12,17-18,20-22H,9-10,13-16,26H2,1-5H3,(H,27,29)(H,28,30)/t20-,21?,22+,25?/m1/s1. The third-order valence-electron chi connectivity index (χ3n) is 6.15. The second-order valence-corrected chi connectivity index (χ2v) is 14.1. The van der Waals surface area contributed by atoms with Crippen LogP contribution in [0.5, 0.6) is 0 Å². The van der Waals surface area contributed by atoms with E-state index in [-0.39, 0.29) is 24.7 Å². The van der Waals surface area contributed by atoms with Crippen molar-refractivity contribution in [3.8, 4) is 0 Å². The van der Waals surface area contributed by atoms with E-state index in [0.29, 0.717) is 17.9 Å². The van der Waals surface area contributed by atoms with Gasteiger partial charge in [0.15, 0.2) is 16.1 Å². The molecule has 0 aromatic heterocycles. The first-order valence-corrected chi connectivity index (χ1v) is 15.1. The molecule has 1 heterocycles. The Morgan fingerprint density at radius 3 is 2.31 bits per heavy atom. The summed E-state index contributed by atoms with van der Waals surface area (Å²) in [5.74, 6) is 1.84. The molecule has 4 atom stereocenters. The van der Waals surface area contributed by atoms with E-state index in [0.717, 1.165) is 30.9 Å². The number of rotatable bonds is 13. The molecule has 2 unspecified atom stereocenters. The summed E-state index contributed by atoms with van der Waals surface area (Å²) in [7, 11) is -3.94. The van der Waals surface area contributed by atoms with E-state index in [4.69, 9.17) is 15.4 Å². The average Bonchev–Trinajstić information content (AvgIpc) is 2.81. The predicted octanol–water partition coefficient (Wildman–Crippen LogP) is 3.41. The van der Waals surface area contributed by atoms with Crippen LogP contribution in [0, 0.1) is 23.7 Å². The highest BCUT2D eigenvalue weighted by molar-refractivity contribution is 8.14. The number of hydroxylamine groups is 1. The summed E-state index contributed by atoms with van der Waals surface area (Å²) in [4.78, 5) is 33.3. The molecule has 2 amide bonds. The highest BCUT2D eigenvalue weighted by atomic mass is 32.3. The summed E-state index contributed by atoms with van der Waals surface area (Å²) >= 11 is 1.10. The number of nitrogens with one attached hydrogen (secondary N) is 2. The van der Waals surface area contributed by atoms with Crippen LogP contribution in [0.25, 0.3) is 0 Å². The molecule has 1 saturated heterocycles. The zero-order chi connectivity index (χ0) is 26.9. The lowest BCUT2D eigenvalue weighted by molar-refractivity contribution is -0.203. The molecule has 36 heavy (non-hydrogen) atoms. The van der Waals surface area contributed by atoms with Gasteiger partial charge in [-0.1, -0.05) is 45.9 Å². The maximum absolute atomic E-state index is 13.9. The van der Waals surface area contributed by atoms with Gasteiger partial charge in [0.1, 0.15) is 4.08 Å². The number of thioether (sulfide) groups is 1. The van der Waals surface area contributed by atoms with E-state index in [9.17, 15) is 18.0 Å². The van der Waals surface area contributed by atoms with Crippen molar-refractivity contribution >= 4 is 33.4 Å². The minimum atomic E-state index is -3.94. The zero-order valence-electron chi connectivity index (χ0n) is 21.9. The molecular formula is C25H41N3O6S2. The zero-order valence-corrected chi connectivity index (χ0v) is 23.5. The molecule has 204 valence electrons. The van der Waals surface area contributed by atoms with Crippen LogP contribution in [0.4, 0.5) is 0 Å². The topological polar surface area (TPSA) is 137 Å². The summed E-state index contributed by atoms with van der Waals surface area (Å²) in [6.45, 7) is 8.13. The molecule has 9 nitrogen and oxygen atoms in total. The van der Waals surface area contributed by atoms with Gasteiger partial charge in [-0.15, -0.1) is 11.8 Å². The maximum atomic E-state index is 13.9. The first kappa shape index (κ1) is 30.6. The van der Waals surface area contributed by atoms with Crippen LogP contribution in [-0.2, 0) is 29.0 Å². The molecular weight excluding hydrogens is 502 g/mol. The summed E-state index contributed by atoms with van der Waals surface area (Å²) in [6, 6.07) is 9.04. The molecule has 1 aromatic rings. The fourth-order valence-electron chi connectivity index (χ4n) is 4.64. The van der Waals surface area contributed by atoms with Gasteiger partial charge in [0.2, 0.25) is 11.8 Å². The number of ether oxygens (including phenoxy) is 1. The van der Waals surface area contributed by atoms with Gasteiger partial charge < -0.3 is 4.74 Å². The van der Waals surface area contributed by atoms with Crippen LogP contribution in [0.2, 0.25) is 0 Å². The van der Waals surface area contributed by atoms with Crippen molar-refractivity contribution in [2.24, 2.45) is 29.5 Å². The Kier molecular flexibility index (Phi) is 11.7. The smallest absolute Gasteiger partial charge is 0.250 e. The Labute approximate surface area is 219 Å². The van der Waals surface area contributed by atoms with Crippen LogP contribution in [0.3, 0.4) is 0 Å². The average molecular weight is 544 g/mol. The number of amides is 2. The van der Waals surface area contributed by atoms with E-state index in [1.807, 2.05) is 45.9 Å². The molecule has 1 fully saturated rings. The van der Waals surface area contributed by atoms with Crippen molar-refractivity contribution in [1.29, 1.82) is 0 Å². The first-order valence-electron chi connectivity index (χ1n) is 12.4. The van der Waals surface area contributed by atoms with Crippen molar-refractivity contribution in [3.63, 3.8) is 0 Å². The van der Waals surface area contributed by atoms with Gasteiger partial charge in [0, 0.05) is 24.2 Å². The summed E-state index contributed by atoms with van der Waals surface area (Å²) in [5.41, 5.74) is 4.62. The lowest BCUT2D eigenvalue weighted by atomic mass is 9.79. The third kappa shape index (κ3) is 8.17. The van der Waals surface area contributed by atoms with Crippen LogP contribution < -0.4 is 16.7 Å². The molecule has 1 aliphatic rings. The van der Waals surface area contributed by atoms with E-state index in [1.54, 1.807) is 12.1 Å². The molecule has 0 bridgehead atoms. The lowest BCUT2D eigenvalue weighted by Gasteiger charge is -2.42. The number of hydrogen-bond acceptors (Lipinski definition) is 8. The van der Waals surface area contributed by atoms with Crippen LogP contribution in [-0.4, -0.2) is 43.5 Å². The highest BCUT2D eigenvalue weighted by Crippen LogP contribution is 2.50. The SMILES string of the molecule is CC(C)C[C@@H](C(=O)NN)[C@@H](C(=O)NOC1CCCCO1)C(CC(C)C)(Sc1ccccc1)S(C)(=O)=O. The van der Waals surface area contributed by atoms with Crippen molar-refractivity contribution in [3.05, 3.63) is 30.3 Å². The van der Waals surface area contributed by atoms with Crippen molar-refractivity contribution < 1.29 is 27.6 Å². The molecule has 0 radical (unpaired) electrons. The van der Waals surface area contributed by atoms with E-state index >= 15 is 0 Å². The summed E-state index contributed by atoms with van der Waals surface area (Å²) < 4.78 is 31.3. The van der Waals surface area contributed by atoms with Gasteiger partial charge in [-0.3, -0.25) is 15.0 Å². The van der Waals surface area contributed by atoms with E-state index < -0.39 is 43.9 Å². The monoisotopic (exact) mass is 543 g/mol. The van der Waals surface area contributed by atoms with Gasteiger partial charge in [-0.2, -0.15) is 0 Å². The van der Waals surface area contributed by atoms with E-state index in [1.165, 1.54) is 0 Å². The van der Waals surface area contributed by atoms with Crippen LogP contribution in [0.1, 0.15) is 59.8 Å². The van der Waals surface area contributed by atoms with Gasteiger partial charge >= 0.3 is 0 Å². The molecule has 0 aliphatic carbocycles. The highest BCUT2D eigenvalue weighted by Gasteiger charge is 2.57. The van der Waals surface area contributed by atoms with Crippen LogP contribution in [0.15, 0.2) is 35.2 Å². The number of hydrazine groups is 1. The molecule has 11 heteroatoms. The number of sulfone groups is 1. The number of nitrogens with two attached hydrogens (primary N) is 1. The minimum Gasteiger partial charge on any atom is -0.350 e. The lowest BCUT2D eigenvalue weighted by Crippen LogP contribution is -2.57. The first-order chi connectivity index (χ1) is 16.9. The second-order valence-electron chi connectivity index (χ2n) is 10.2. The Morgan fingerprint density at radius 1 is 1.14 bits per heavy atom. The molecule has 0 spiro atoms. The molecule has 4 N–H and O–H groups in total. The second kappa shape index (κ2) is 13.8. The van der Waals surface area contributed by atoms with Crippen LogP contribution >= 0.6 is 11.8 Å². The Morgan fingerprint density at radius 2 is 1.81 bits per heavy atom. The van der Waals surface area contributed by atoms with Gasteiger partial charge in [0.05, 0.1) is 11.8 Å². The number of carbonyl (C=O) groups is 2. The maximum Gasteiger partial charge on any atom is 0.250 e. The molecule has 2 rings (SSSR count). The fraction of sp³-hybridized carbons (Fsp3) is 0.680. The number of carbonyl (C=O) groups excluding carboxylic acids is 2. The normalized spacial score (nSPS) is 19.9. The van der Waals surface area contributed by atoms with Gasteiger partial charge in [-0.25, -0.2) is 24.6 Å². The Hall–Kier alpha value is -1.66. The quantitative estimate of drug-likeness (QED) is 0.149. The predicted molar refractivity (Wildman–Crippen MR) is 141 cm³/mol. The molecule has 1 aromatic carbocycles. The molecule has 1 aliphatic heterocycles. The van der Waals surface area contributed by atoms with Gasteiger partial charge in [0.25, 0.3) is 0 Å². The van der Waals surface area contributed by atoms with Crippen molar-refractivity contribution in [2.45, 2.75) is 75.1 Å². The Bertz CT molecular complexity index is 952. The van der Waals surface area contributed by atoms with Crippen molar-refractivity contribution in [1.82, 2.24) is 10.9 Å². The van der Waals surface area contributed by atoms with E-state index in [2.05, 4.69) is 10.9 Å². The minimum absolute atomic E-state index is 0.0109. The summed E-state index contributed by atoms with van der Waals surface area (Å²) in [6.07, 6.45) is 3.29. The number of hydrogen-bond donors (Lipinski definition) is 3. The van der Waals surface area contributed by atoms with Crippen molar-refractivity contribution in [2.75, 3.05) is 12.9 Å². The number of benzene rings is 1. The molecule has 0 saturated carbocycles. The third-order valence-corrected chi connectivity index (χ3v) is 10.3. The summed E-state index contributed by atoms with van der Waals surface area (Å²) in [5, 5.41) is 0. The van der Waals surface area contributed by atoms with Gasteiger partial charge in [-0.05, 0) is 49.7 Å².